The Morgan fingerprint density at radius 2 is 1.45 bits per heavy atom. The maximum Gasteiger partial charge on any atom is 0.124 e. The van der Waals surface area contributed by atoms with Gasteiger partial charge in [-0.05, 0) is 60.2 Å². The molecular formula is C35H22N4S. The second kappa shape index (κ2) is 9.26. The zero-order valence-electron chi connectivity index (χ0n) is 21.4. The molecule has 0 fully saturated rings. The van der Waals surface area contributed by atoms with E-state index < -0.39 is 0 Å². The average molecular weight is 531 g/mol. The predicted molar refractivity (Wildman–Crippen MR) is 166 cm³/mol. The number of hydrogen-bond donors (Lipinski definition) is 0. The van der Waals surface area contributed by atoms with E-state index in [4.69, 9.17) is 4.98 Å². The summed E-state index contributed by atoms with van der Waals surface area (Å²) < 4.78 is 3.52. The molecule has 188 valence electrons. The van der Waals surface area contributed by atoms with Crippen LogP contribution >= 0.6 is 11.3 Å². The summed E-state index contributed by atoms with van der Waals surface area (Å²) in [4.78, 5) is 13.9. The fraction of sp³-hybridized carbons (Fsp3) is 0. The van der Waals surface area contributed by atoms with Gasteiger partial charge in [0.05, 0.1) is 26.9 Å². The number of benzene rings is 4. The van der Waals surface area contributed by atoms with E-state index in [1.54, 1.807) is 17.5 Å². The molecule has 8 rings (SSSR count). The number of para-hydroxylation sites is 1. The first kappa shape index (κ1) is 22.8. The molecule has 4 aromatic heterocycles. The van der Waals surface area contributed by atoms with Crippen molar-refractivity contribution in [2.45, 2.75) is 0 Å². The van der Waals surface area contributed by atoms with Gasteiger partial charge in [0.15, 0.2) is 0 Å². The quantitative estimate of drug-likeness (QED) is 0.228. The summed E-state index contributed by atoms with van der Waals surface area (Å²) in [6.07, 6.45) is 5.54. The van der Waals surface area contributed by atoms with Gasteiger partial charge in [0.1, 0.15) is 5.01 Å². The molecule has 0 saturated heterocycles. The average Bonchev–Trinajstić information content (AvgIpc) is 3.60. The molecule has 0 bridgehead atoms. The molecule has 40 heavy (non-hydrogen) atoms. The van der Waals surface area contributed by atoms with Crippen LogP contribution in [0.5, 0.6) is 0 Å². The number of nitrogens with zero attached hydrogens (tertiary/aromatic N) is 4. The molecule has 0 amide bonds. The summed E-state index contributed by atoms with van der Waals surface area (Å²) in [5.74, 6) is 0. The zero-order chi connectivity index (χ0) is 26.5. The first-order valence-electron chi connectivity index (χ1n) is 13.2. The number of hydrogen-bond acceptors (Lipinski definition) is 4. The van der Waals surface area contributed by atoms with Crippen LogP contribution in [0.15, 0.2) is 134 Å². The maximum atomic E-state index is 5.02. The standard InChI is InChI=1S/C35H22N4S/c1-2-12-32-28(10-1)29-15-13-25(35-38-31-16-14-23(21-34(31)40-35)26-8-6-17-36-22-26)20-33(29)39(32)27-9-5-7-24(19-27)30-11-3-4-18-37-30/h1-22H. The number of pyridine rings is 2. The first-order valence-corrected chi connectivity index (χ1v) is 14.0. The van der Waals surface area contributed by atoms with E-state index in [-0.39, 0.29) is 0 Å². The Morgan fingerprint density at radius 3 is 2.35 bits per heavy atom. The molecule has 0 saturated carbocycles. The van der Waals surface area contributed by atoms with Crippen LogP contribution in [-0.4, -0.2) is 19.5 Å². The molecule has 0 N–H and O–H groups in total. The number of fused-ring (bicyclic) bond motifs is 4. The smallest absolute Gasteiger partial charge is 0.124 e. The topological polar surface area (TPSA) is 43.6 Å². The van der Waals surface area contributed by atoms with E-state index in [9.17, 15) is 0 Å². The van der Waals surface area contributed by atoms with Gasteiger partial charge in [-0.3, -0.25) is 9.97 Å². The Balaban J connectivity index is 1.29. The second-order valence-corrected chi connectivity index (χ2v) is 10.8. The van der Waals surface area contributed by atoms with Crippen LogP contribution in [0, 0.1) is 0 Å². The van der Waals surface area contributed by atoms with Gasteiger partial charge in [-0.15, -0.1) is 11.3 Å². The zero-order valence-corrected chi connectivity index (χ0v) is 22.2. The van der Waals surface area contributed by atoms with Gasteiger partial charge in [0.2, 0.25) is 0 Å². The lowest BCUT2D eigenvalue weighted by Crippen LogP contribution is -1.95. The molecule has 5 heteroatoms. The Hall–Kier alpha value is -5.13. The van der Waals surface area contributed by atoms with Crippen molar-refractivity contribution in [3.8, 4) is 38.6 Å². The molecule has 0 aliphatic carbocycles. The number of thiazole rings is 1. The van der Waals surface area contributed by atoms with Crippen LogP contribution in [0.25, 0.3) is 70.7 Å². The molecule has 4 aromatic carbocycles. The van der Waals surface area contributed by atoms with E-state index in [1.807, 2.05) is 30.6 Å². The van der Waals surface area contributed by atoms with Gasteiger partial charge in [-0.25, -0.2) is 4.98 Å². The van der Waals surface area contributed by atoms with E-state index in [0.29, 0.717) is 0 Å². The summed E-state index contributed by atoms with van der Waals surface area (Å²) in [7, 11) is 0. The third kappa shape index (κ3) is 3.79. The first-order chi connectivity index (χ1) is 19.8. The van der Waals surface area contributed by atoms with E-state index in [2.05, 4.69) is 112 Å². The minimum Gasteiger partial charge on any atom is -0.309 e. The summed E-state index contributed by atoms with van der Waals surface area (Å²) in [5.41, 5.74) is 9.89. The molecule has 0 spiro atoms. The van der Waals surface area contributed by atoms with Gasteiger partial charge in [0, 0.05) is 51.7 Å². The molecule has 0 unspecified atom stereocenters. The lowest BCUT2D eigenvalue weighted by atomic mass is 10.1. The minimum atomic E-state index is 0.964. The van der Waals surface area contributed by atoms with Gasteiger partial charge >= 0.3 is 0 Å². The van der Waals surface area contributed by atoms with Crippen LogP contribution in [0.2, 0.25) is 0 Å². The molecule has 0 aliphatic heterocycles. The summed E-state index contributed by atoms with van der Waals surface area (Å²) in [6.45, 7) is 0. The summed E-state index contributed by atoms with van der Waals surface area (Å²) >= 11 is 1.73. The van der Waals surface area contributed by atoms with Crippen molar-refractivity contribution in [1.82, 2.24) is 19.5 Å². The van der Waals surface area contributed by atoms with Gasteiger partial charge in [0.25, 0.3) is 0 Å². The minimum absolute atomic E-state index is 0.964. The highest BCUT2D eigenvalue weighted by molar-refractivity contribution is 7.21. The van der Waals surface area contributed by atoms with E-state index in [1.165, 1.54) is 21.0 Å². The van der Waals surface area contributed by atoms with Crippen LogP contribution < -0.4 is 0 Å². The highest BCUT2D eigenvalue weighted by Gasteiger charge is 2.15. The maximum absolute atomic E-state index is 5.02. The highest BCUT2D eigenvalue weighted by atomic mass is 32.1. The van der Waals surface area contributed by atoms with Crippen LogP contribution in [-0.2, 0) is 0 Å². The molecule has 0 aliphatic rings. The molecular weight excluding hydrogens is 508 g/mol. The largest absolute Gasteiger partial charge is 0.309 e. The monoisotopic (exact) mass is 530 g/mol. The molecule has 8 aromatic rings. The van der Waals surface area contributed by atoms with Crippen molar-refractivity contribution in [2.75, 3.05) is 0 Å². The Kier molecular flexibility index (Phi) is 5.28. The molecule has 0 atom stereocenters. The van der Waals surface area contributed by atoms with E-state index in [0.717, 1.165) is 49.7 Å². The fourth-order valence-electron chi connectivity index (χ4n) is 5.48. The highest BCUT2D eigenvalue weighted by Crippen LogP contribution is 2.38. The van der Waals surface area contributed by atoms with Gasteiger partial charge in [-0.2, -0.15) is 0 Å². The van der Waals surface area contributed by atoms with Crippen molar-refractivity contribution in [3.63, 3.8) is 0 Å². The number of aromatic nitrogens is 4. The van der Waals surface area contributed by atoms with Crippen molar-refractivity contribution in [1.29, 1.82) is 0 Å². The van der Waals surface area contributed by atoms with Crippen molar-refractivity contribution >= 4 is 43.4 Å². The third-order valence-corrected chi connectivity index (χ3v) is 8.44. The van der Waals surface area contributed by atoms with Crippen molar-refractivity contribution in [2.24, 2.45) is 0 Å². The molecule has 4 nitrogen and oxygen atoms in total. The fourth-order valence-corrected chi connectivity index (χ4v) is 6.48. The lowest BCUT2D eigenvalue weighted by molar-refractivity contribution is 1.18. The third-order valence-electron chi connectivity index (χ3n) is 7.37. The number of rotatable bonds is 4. The van der Waals surface area contributed by atoms with Gasteiger partial charge < -0.3 is 4.57 Å². The van der Waals surface area contributed by atoms with Crippen LogP contribution in [0.4, 0.5) is 0 Å². The SMILES string of the molecule is c1ccc(-c2cccc(-n3c4ccccc4c4ccc(-c5nc6ccc(-c7cccnc7)cc6s5)cc43)c2)nc1. The normalized spacial score (nSPS) is 11.5. The second-order valence-electron chi connectivity index (χ2n) is 9.79. The van der Waals surface area contributed by atoms with Crippen LogP contribution in [0.3, 0.4) is 0 Å². The van der Waals surface area contributed by atoms with Gasteiger partial charge in [-0.1, -0.05) is 60.7 Å². The molecule has 4 heterocycles. The predicted octanol–water partition coefficient (Wildman–Crippen LogP) is 9.18. The van der Waals surface area contributed by atoms with E-state index >= 15 is 0 Å². The van der Waals surface area contributed by atoms with Crippen molar-refractivity contribution in [3.05, 3.63) is 134 Å². The van der Waals surface area contributed by atoms with Crippen LogP contribution in [0.1, 0.15) is 0 Å². The Bertz CT molecular complexity index is 2160. The van der Waals surface area contributed by atoms with Crippen molar-refractivity contribution < 1.29 is 0 Å². The summed E-state index contributed by atoms with van der Waals surface area (Å²) in [5, 5.41) is 3.47. The Labute approximate surface area is 234 Å². The lowest BCUT2D eigenvalue weighted by Gasteiger charge is -2.10. The summed E-state index contributed by atoms with van der Waals surface area (Å²) in [6, 6.07) is 40.5. The Morgan fingerprint density at radius 1 is 0.575 bits per heavy atom. The molecule has 0 radical (unpaired) electrons.